The van der Waals surface area contributed by atoms with E-state index in [1.807, 2.05) is 12.3 Å². The lowest BCUT2D eigenvalue weighted by atomic mass is 9.89. The van der Waals surface area contributed by atoms with Crippen LogP contribution in [-0.4, -0.2) is 74.4 Å². The first kappa shape index (κ1) is 20.1. The van der Waals surface area contributed by atoms with E-state index in [4.69, 9.17) is 9.72 Å². The Morgan fingerprint density at radius 1 is 1.00 bits per heavy atom. The van der Waals surface area contributed by atoms with Gasteiger partial charge in [0.25, 0.3) is 0 Å². The standard InChI is InChI=1S/C23H33N5O/c1-18(27-14-16-29-17-15-27)19-9-12-28(13-10-19)23-24-11-8-22(25-23)20-4-6-21(7-5-20)26(2)3/h4-8,11,18-19H,9-10,12-17H2,1-3H3. The molecule has 3 heterocycles. The van der Waals surface area contributed by atoms with E-state index in [1.165, 1.54) is 18.5 Å². The highest BCUT2D eigenvalue weighted by Gasteiger charge is 2.29. The van der Waals surface area contributed by atoms with E-state index < -0.39 is 0 Å². The predicted molar refractivity (Wildman–Crippen MR) is 119 cm³/mol. The molecule has 1 atom stereocenters. The fourth-order valence-corrected chi connectivity index (χ4v) is 4.46. The number of rotatable bonds is 5. The topological polar surface area (TPSA) is 44.7 Å². The molecule has 0 N–H and O–H groups in total. The van der Waals surface area contributed by atoms with Crippen molar-refractivity contribution in [1.82, 2.24) is 14.9 Å². The first-order valence-corrected chi connectivity index (χ1v) is 10.8. The summed E-state index contributed by atoms with van der Waals surface area (Å²) in [5, 5.41) is 0. The lowest BCUT2D eigenvalue weighted by molar-refractivity contribution is 0.00446. The number of hydrogen-bond acceptors (Lipinski definition) is 6. The molecule has 0 saturated carbocycles. The van der Waals surface area contributed by atoms with Gasteiger partial charge in [0.1, 0.15) is 0 Å². The summed E-state index contributed by atoms with van der Waals surface area (Å²) >= 11 is 0. The molecule has 2 aliphatic heterocycles. The van der Waals surface area contributed by atoms with Crippen molar-refractivity contribution in [3.8, 4) is 11.3 Å². The molecule has 0 aliphatic carbocycles. The van der Waals surface area contributed by atoms with Gasteiger partial charge in [0.05, 0.1) is 18.9 Å². The van der Waals surface area contributed by atoms with E-state index in [-0.39, 0.29) is 0 Å². The summed E-state index contributed by atoms with van der Waals surface area (Å²) in [5.41, 5.74) is 3.32. The lowest BCUT2D eigenvalue weighted by Crippen LogP contribution is -2.48. The van der Waals surface area contributed by atoms with E-state index in [1.54, 1.807) is 0 Å². The minimum absolute atomic E-state index is 0.628. The molecule has 1 unspecified atom stereocenters. The minimum Gasteiger partial charge on any atom is -0.379 e. The summed E-state index contributed by atoms with van der Waals surface area (Å²) in [4.78, 5) is 16.5. The van der Waals surface area contributed by atoms with Gasteiger partial charge >= 0.3 is 0 Å². The van der Waals surface area contributed by atoms with Crippen LogP contribution in [0.3, 0.4) is 0 Å². The Bertz CT molecular complexity index is 780. The predicted octanol–water partition coefficient (Wildman–Crippen LogP) is 3.15. The molecule has 156 valence electrons. The summed E-state index contributed by atoms with van der Waals surface area (Å²) in [7, 11) is 4.11. The molecular formula is C23H33N5O. The molecule has 2 aliphatic rings. The fourth-order valence-electron chi connectivity index (χ4n) is 4.46. The zero-order valence-corrected chi connectivity index (χ0v) is 17.9. The number of hydrogen-bond donors (Lipinski definition) is 0. The number of nitrogens with zero attached hydrogens (tertiary/aromatic N) is 5. The molecule has 29 heavy (non-hydrogen) atoms. The van der Waals surface area contributed by atoms with Crippen LogP contribution in [0.5, 0.6) is 0 Å². The van der Waals surface area contributed by atoms with Gasteiger partial charge in [-0.25, -0.2) is 9.97 Å². The maximum Gasteiger partial charge on any atom is 0.225 e. The number of benzene rings is 1. The Balaban J connectivity index is 1.39. The molecule has 0 bridgehead atoms. The lowest BCUT2D eigenvalue weighted by Gasteiger charge is -2.41. The van der Waals surface area contributed by atoms with E-state index >= 15 is 0 Å². The highest BCUT2D eigenvalue weighted by molar-refractivity contribution is 5.63. The van der Waals surface area contributed by atoms with Crippen LogP contribution < -0.4 is 9.80 Å². The van der Waals surface area contributed by atoms with Crippen molar-refractivity contribution in [2.24, 2.45) is 5.92 Å². The third-order valence-electron chi connectivity index (χ3n) is 6.45. The van der Waals surface area contributed by atoms with Gasteiger partial charge in [-0.15, -0.1) is 0 Å². The maximum atomic E-state index is 5.51. The Morgan fingerprint density at radius 3 is 2.34 bits per heavy atom. The molecule has 1 aromatic heterocycles. The van der Waals surface area contributed by atoms with Gasteiger partial charge in [-0.05, 0) is 43.9 Å². The first-order chi connectivity index (χ1) is 14.1. The normalized spacial score (nSPS) is 19.9. The number of morpholine rings is 1. The van der Waals surface area contributed by atoms with Gasteiger partial charge in [-0.1, -0.05) is 12.1 Å². The molecule has 2 fully saturated rings. The van der Waals surface area contributed by atoms with Crippen LogP contribution in [-0.2, 0) is 4.74 Å². The Hall–Kier alpha value is -2.18. The van der Waals surface area contributed by atoms with E-state index in [2.05, 4.69) is 65.0 Å². The molecular weight excluding hydrogens is 362 g/mol. The van der Waals surface area contributed by atoms with Gasteiger partial charge in [0.15, 0.2) is 0 Å². The second-order valence-corrected chi connectivity index (χ2v) is 8.40. The fraction of sp³-hybridized carbons (Fsp3) is 0.565. The summed E-state index contributed by atoms with van der Waals surface area (Å²) in [6, 6.07) is 11.2. The number of ether oxygens (including phenoxy) is 1. The SMILES string of the molecule is CC(C1CCN(c2nccc(-c3ccc(N(C)C)cc3)n2)CC1)N1CCOCC1. The number of anilines is 2. The third kappa shape index (κ3) is 4.70. The summed E-state index contributed by atoms with van der Waals surface area (Å²) in [5.74, 6) is 1.60. The monoisotopic (exact) mass is 395 g/mol. The van der Waals surface area contributed by atoms with Crippen molar-refractivity contribution in [2.45, 2.75) is 25.8 Å². The number of aromatic nitrogens is 2. The van der Waals surface area contributed by atoms with E-state index in [9.17, 15) is 0 Å². The maximum absolute atomic E-state index is 5.51. The smallest absolute Gasteiger partial charge is 0.225 e. The van der Waals surface area contributed by atoms with Crippen molar-refractivity contribution < 1.29 is 4.74 Å². The quantitative estimate of drug-likeness (QED) is 0.775. The molecule has 6 heteroatoms. The highest BCUT2D eigenvalue weighted by Crippen LogP contribution is 2.28. The Labute approximate surface area is 174 Å². The van der Waals surface area contributed by atoms with Crippen molar-refractivity contribution in [2.75, 3.05) is 63.3 Å². The molecule has 2 aromatic rings. The van der Waals surface area contributed by atoms with Crippen LogP contribution in [0.4, 0.5) is 11.6 Å². The first-order valence-electron chi connectivity index (χ1n) is 10.8. The minimum atomic E-state index is 0.628. The molecule has 0 radical (unpaired) electrons. The molecule has 1 aromatic carbocycles. The van der Waals surface area contributed by atoms with Gasteiger partial charge in [0, 0.05) is 63.8 Å². The second kappa shape index (κ2) is 9.09. The third-order valence-corrected chi connectivity index (χ3v) is 6.45. The Kier molecular flexibility index (Phi) is 6.31. The van der Waals surface area contributed by atoms with E-state index in [0.29, 0.717) is 6.04 Å². The van der Waals surface area contributed by atoms with Crippen LogP contribution in [0.15, 0.2) is 36.5 Å². The summed E-state index contributed by atoms with van der Waals surface area (Å²) < 4.78 is 5.51. The second-order valence-electron chi connectivity index (χ2n) is 8.40. The largest absolute Gasteiger partial charge is 0.379 e. The summed E-state index contributed by atoms with van der Waals surface area (Å²) in [6.45, 7) is 8.34. The summed E-state index contributed by atoms with van der Waals surface area (Å²) in [6.07, 6.45) is 4.28. The van der Waals surface area contributed by atoms with Gasteiger partial charge in [-0.2, -0.15) is 0 Å². The van der Waals surface area contributed by atoms with Crippen LogP contribution in [0, 0.1) is 5.92 Å². The molecule has 6 nitrogen and oxygen atoms in total. The van der Waals surface area contributed by atoms with Crippen molar-refractivity contribution in [3.63, 3.8) is 0 Å². The number of piperidine rings is 1. The molecule has 0 spiro atoms. The Morgan fingerprint density at radius 2 is 1.69 bits per heavy atom. The van der Waals surface area contributed by atoms with Crippen molar-refractivity contribution >= 4 is 11.6 Å². The van der Waals surface area contributed by atoms with Crippen LogP contribution in [0.25, 0.3) is 11.3 Å². The van der Waals surface area contributed by atoms with E-state index in [0.717, 1.165) is 62.5 Å². The highest BCUT2D eigenvalue weighted by atomic mass is 16.5. The van der Waals surface area contributed by atoms with Gasteiger partial charge in [0.2, 0.25) is 5.95 Å². The average Bonchev–Trinajstić information content (AvgIpc) is 2.79. The van der Waals surface area contributed by atoms with Crippen LogP contribution >= 0.6 is 0 Å². The zero-order valence-electron chi connectivity index (χ0n) is 17.9. The van der Waals surface area contributed by atoms with Crippen LogP contribution in [0.1, 0.15) is 19.8 Å². The van der Waals surface area contributed by atoms with Crippen molar-refractivity contribution in [3.05, 3.63) is 36.5 Å². The van der Waals surface area contributed by atoms with Crippen molar-refractivity contribution in [1.29, 1.82) is 0 Å². The molecule has 2 saturated heterocycles. The molecule has 0 amide bonds. The molecule has 4 rings (SSSR count). The van der Waals surface area contributed by atoms with Crippen LogP contribution in [0.2, 0.25) is 0 Å². The van der Waals surface area contributed by atoms with Gasteiger partial charge in [-0.3, -0.25) is 4.90 Å². The zero-order chi connectivity index (χ0) is 20.2. The van der Waals surface area contributed by atoms with Gasteiger partial charge < -0.3 is 14.5 Å². The average molecular weight is 396 g/mol.